The van der Waals surface area contributed by atoms with Crippen LogP contribution in [0.15, 0.2) is 42.6 Å². The largest absolute Gasteiger partial charge is 0.444 e. The highest BCUT2D eigenvalue weighted by molar-refractivity contribution is 5.90. The molecule has 2 aliphatic heterocycles. The van der Waals surface area contributed by atoms with Crippen molar-refractivity contribution in [2.24, 2.45) is 11.8 Å². The minimum atomic E-state index is -0.690. The van der Waals surface area contributed by atoms with E-state index in [1.54, 1.807) is 16.0 Å². The highest BCUT2D eigenvalue weighted by Crippen LogP contribution is 2.64. The van der Waals surface area contributed by atoms with Crippen molar-refractivity contribution in [1.82, 2.24) is 15.2 Å². The summed E-state index contributed by atoms with van der Waals surface area (Å²) in [6.07, 6.45) is 0.602. The predicted molar refractivity (Wildman–Crippen MR) is 139 cm³/mol. The molecule has 38 heavy (non-hydrogen) atoms. The van der Waals surface area contributed by atoms with Gasteiger partial charge in [-0.1, -0.05) is 18.2 Å². The third-order valence-corrected chi connectivity index (χ3v) is 7.32. The van der Waals surface area contributed by atoms with E-state index in [1.165, 1.54) is 6.92 Å². The molecule has 1 saturated carbocycles. The number of fused-ring (bicyclic) bond motifs is 1. The summed E-state index contributed by atoms with van der Waals surface area (Å²) in [5.74, 6) is -0.0573. The van der Waals surface area contributed by atoms with Gasteiger partial charge in [0.15, 0.2) is 0 Å². The van der Waals surface area contributed by atoms with Gasteiger partial charge in [0.2, 0.25) is 5.91 Å². The number of benzene rings is 1. The number of rotatable bonds is 5. The zero-order chi connectivity index (χ0) is 27.2. The summed E-state index contributed by atoms with van der Waals surface area (Å²) in [7, 11) is 0. The van der Waals surface area contributed by atoms with Crippen molar-refractivity contribution < 1.29 is 23.9 Å². The molecule has 0 bridgehead atoms. The number of carbonyl (C=O) groups is 3. The van der Waals surface area contributed by atoms with E-state index < -0.39 is 23.3 Å². The summed E-state index contributed by atoms with van der Waals surface area (Å²) in [6, 6.07) is 11.4. The molecule has 4 atom stereocenters. The maximum absolute atomic E-state index is 12.4. The number of nitrogens with zero attached hydrogens (tertiary/aromatic N) is 4. The Hall–Kier alpha value is -4.13. The Labute approximate surface area is 221 Å². The molecule has 3 amide bonds. The predicted octanol–water partition coefficient (Wildman–Crippen LogP) is 3.82. The fourth-order valence-electron chi connectivity index (χ4n) is 5.41. The molecule has 5 rings (SSSR count). The van der Waals surface area contributed by atoms with Crippen molar-refractivity contribution in [3.63, 3.8) is 0 Å². The second kappa shape index (κ2) is 9.31. The number of hydrogen-bond acceptors (Lipinski definition) is 6. The first-order valence-corrected chi connectivity index (χ1v) is 12.7. The molecule has 1 aliphatic carbocycles. The number of hydrogen-bond donors (Lipinski definition) is 1. The third kappa shape index (κ3) is 4.64. The minimum absolute atomic E-state index is 0.0554. The van der Waals surface area contributed by atoms with Crippen LogP contribution in [0.2, 0.25) is 0 Å². The number of amides is 3. The van der Waals surface area contributed by atoms with E-state index in [0.717, 1.165) is 16.8 Å². The fraction of sp³-hybridized carbons (Fsp3) is 0.464. The number of likely N-dealkylation sites (tertiary alicyclic amines) is 1. The zero-order valence-electron chi connectivity index (χ0n) is 21.9. The van der Waals surface area contributed by atoms with Crippen LogP contribution < -0.4 is 10.2 Å². The first-order chi connectivity index (χ1) is 18.0. The summed E-state index contributed by atoms with van der Waals surface area (Å²) in [5, 5.41) is 2.67. The monoisotopic (exact) mass is 517 g/mol. The summed E-state index contributed by atoms with van der Waals surface area (Å²) in [6.45, 7) is 16.5. The Morgan fingerprint density at radius 2 is 1.79 bits per heavy atom. The van der Waals surface area contributed by atoms with Crippen LogP contribution in [-0.4, -0.2) is 65.9 Å². The Morgan fingerprint density at radius 3 is 2.34 bits per heavy atom. The van der Waals surface area contributed by atoms with Gasteiger partial charge in [-0.05, 0) is 44.5 Å². The van der Waals surface area contributed by atoms with Crippen LogP contribution in [0.3, 0.4) is 0 Å². The molecule has 198 valence electrons. The Morgan fingerprint density at radius 1 is 1.13 bits per heavy atom. The van der Waals surface area contributed by atoms with Gasteiger partial charge in [-0.25, -0.2) is 16.2 Å². The van der Waals surface area contributed by atoms with Gasteiger partial charge in [-0.3, -0.25) is 14.7 Å². The lowest BCUT2D eigenvalue weighted by atomic mass is 10.0. The van der Waals surface area contributed by atoms with Gasteiger partial charge in [0.05, 0.1) is 24.9 Å². The van der Waals surface area contributed by atoms with E-state index in [4.69, 9.17) is 16.0 Å². The van der Waals surface area contributed by atoms with Crippen molar-refractivity contribution in [2.45, 2.75) is 44.9 Å². The molecule has 2 aromatic rings. The number of piperidine rings is 1. The molecule has 0 radical (unpaired) electrons. The second-order valence-electron chi connectivity index (χ2n) is 11.1. The standard InChI is InChI=1S/C28H31N5O5/c1-17(34)30-13-21-14-33(26(36)37-21)20-9-6-18(7-10-20)19-8-11-24(31-12-19)28(29-5)22-15-32(16-23(22)28)25(35)38-27(2,3)4/h6-12,21-23H,13-16H2,1-4H3,(H,30,34)/t21-,22-,23+,28?/m0/s1. The Kier molecular flexibility index (Phi) is 6.25. The SMILES string of the molecule is [C-]#[N+]C1(c2ccc(-c3ccc(N4C[C@H](CNC(C)=O)OC4=O)cc3)cn2)[C@@H]2CN(C(=O)OC(C)(C)C)C[C@@H]21. The lowest BCUT2D eigenvalue weighted by Crippen LogP contribution is -2.38. The summed E-state index contributed by atoms with van der Waals surface area (Å²) in [5.41, 5.74) is 2.03. The highest BCUT2D eigenvalue weighted by atomic mass is 16.6. The summed E-state index contributed by atoms with van der Waals surface area (Å²) >= 11 is 0. The molecule has 3 aliphatic rings. The van der Waals surface area contributed by atoms with Crippen molar-refractivity contribution >= 4 is 23.8 Å². The fourth-order valence-corrected chi connectivity index (χ4v) is 5.41. The van der Waals surface area contributed by atoms with Crippen molar-refractivity contribution in [2.75, 3.05) is 31.1 Å². The van der Waals surface area contributed by atoms with Crippen LogP contribution in [0.1, 0.15) is 33.4 Å². The van der Waals surface area contributed by atoms with Gasteiger partial charge in [0, 0.05) is 37.5 Å². The maximum atomic E-state index is 12.4. The normalized spacial score (nSPS) is 25.9. The summed E-state index contributed by atoms with van der Waals surface area (Å²) in [4.78, 5) is 47.7. The van der Waals surface area contributed by atoms with E-state index in [0.29, 0.717) is 25.3 Å². The molecule has 3 fully saturated rings. The van der Waals surface area contributed by atoms with Crippen LogP contribution in [-0.2, 0) is 19.8 Å². The average Bonchev–Trinajstić information content (AvgIpc) is 3.15. The lowest BCUT2D eigenvalue weighted by molar-refractivity contribution is -0.119. The molecule has 3 heterocycles. The van der Waals surface area contributed by atoms with E-state index in [9.17, 15) is 14.4 Å². The highest BCUT2D eigenvalue weighted by Gasteiger charge is 2.78. The van der Waals surface area contributed by atoms with Crippen molar-refractivity contribution in [3.05, 3.63) is 59.7 Å². The van der Waals surface area contributed by atoms with Gasteiger partial charge in [-0.2, -0.15) is 0 Å². The number of ether oxygens (including phenoxy) is 2. The third-order valence-electron chi connectivity index (χ3n) is 7.32. The van der Waals surface area contributed by atoms with E-state index in [2.05, 4.69) is 15.1 Å². The van der Waals surface area contributed by atoms with Gasteiger partial charge >= 0.3 is 12.2 Å². The van der Waals surface area contributed by atoms with Gasteiger partial charge < -0.3 is 24.5 Å². The van der Waals surface area contributed by atoms with Gasteiger partial charge in [0.1, 0.15) is 17.4 Å². The average molecular weight is 518 g/mol. The lowest BCUT2D eigenvalue weighted by Gasteiger charge is -2.26. The van der Waals surface area contributed by atoms with Crippen LogP contribution in [0.5, 0.6) is 0 Å². The van der Waals surface area contributed by atoms with Crippen LogP contribution >= 0.6 is 0 Å². The van der Waals surface area contributed by atoms with E-state index in [1.807, 2.05) is 57.2 Å². The Bertz CT molecular complexity index is 1280. The smallest absolute Gasteiger partial charge is 0.414 e. The number of cyclic esters (lactones) is 1. The molecule has 10 nitrogen and oxygen atoms in total. The minimum Gasteiger partial charge on any atom is -0.444 e. The molecular weight excluding hydrogens is 486 g/mol. The van der Waals surface area contributed by atoms with Gasteiger partial charge in [0.25, 0.3) is 5.54 Å². The molecular formula is C28H31N5O5. The number of anilines is 1. The zero-order valence-corrected chi connectivity index (χ0v) is 21.9. The van der Waals surface area contributed by atoms with Crippen molar-refractivity contribution in [3.8, 4) is 11.1 Å². The van der Waals surface area contributed by atoms with E-state index in [-0.39, 0.29) is 30.4 Å². The molecule has 0 spiro atoms. The van der Waals surface area contributed by atoms with Crippen molar-refractivity contribution in [1.29, 1.82) is 0 Å². The molecule has 1 aromatic carbocycles. The first kappa shape index (κ1) is 25.5. The number of carbonyl (C=O) groups excluding carboxylic acids is 3. The number of aromatic nitrogens is 1. The maximum Gasteiger partial charge on any atom is 0.414 e. The summed E-state index contributed by atoms with van der Waals surface area (Å²) < 4.78 is 10.8. The molecule has 1 aromatic heterocycles. The topological polar surface area (TPSA) is 105 Å². The van der Waals surface area contributed by atoms with Crippen LogP contribution in [0.4, 0.5) is 15.3 Å². The second-order valence-corrected chi connectivity index (χ2v) is 11.1. The molecule has 1 unspecified atom stereocenters. The molecule has 10 heteroatoms. The number of pyridine rings is 1. The van der Waals surface area contributed by atoms with Crippen LogP contribution in [0, 0.1) is 18.4 Å². The molecule has 2 saturated heterocycles. The van der Waals surface area contributed by atoms with Crippen LogP contribution in [0.25, 0.3) is 16.0 Å². The van der Waals surface area contributed by atoms with E-state index >= 15 is 0 Å². The number of nitrogens with one attached hydrogen (secondary N) is 1. The van der Waals surface area contributed by atoms with Gasteiger partial charge in [-0.15, -0.1) is 0 Å². The molecule has 1 N–H and O–H groups in total. The first-order valence-electron chi connectivity index (χ1n) is 12.7. The Balaban J connectivity index is 1.23. The quantitative estimate of drug-likeness (QED) is 0.605.